The van der Waals surface area contributed by atoms with Crippen LogP contribution in [0.25, 0.3) is 0 Å². The van der Waals surface area contributed by atoms with Gasteiger partial charge in [-0.15, -0.1) is 0 Å². The summed E-state index contributed by atoms with van der Waals surface area (Å²) in [6.45, 7) is 3.91. The van der Waals surface area contributed by atoms with Crippen molar-refractivity contribution in [1.82, 2.24) is 9.80 Å². The van der Waals surface area contributed by atoms with Crippen LogP contribution < -0.4 is 5.32 Å². The van der Waals surface area contributed by atoms with Gasteiger partial charge in [0.25, 0.3) is 0 Å². The number of carbonyl (C=O) groups is 1. The van der Waals surface area contributed by atoms with Gasteiger partial charge >= 0.3 is 6.03 Å². The average Bonchev–Trinajstić information content (AvgIpc) is 3.03. The van der Waals surface area contributed by atoms with Gasteiger partial charge in [-0.2, -0.15) is 0 Å². The summed E-state index contributed by atoms with van der Waals surface area (Å²) < 4.78 is 13.9. The highest BCUT2D eigenvalue weighted by Crippen LogP contribution is 2.23. The second kappa shape index (κ2) is 7.49. The molecule has 2 amide bonds. The molecule has 0 aliphatic carbocycles. The van der Waals surface area contributed by atoms with Gasteiger partial charge in [0.1, 0.15) is 5.82 Å². The molecule has 3 rings (SSSR count). The Hall–Kier alpha value is -1.33. The van der Waals surface area contributed by atoms with Gasteiger partial charge in [-0.1, -0.05) is 11.6 Å². The number of hydrogen-bond donors (Lipinski definition) is 1. The molecule has 0 aromatic heterocycles. The summed E-state index contributed by atoms with van der Waals surface area (Å²) in [6, 6.07) is 4.31. The second-order valence-electron chi connectivity index (χ2n) is 6.41. The van der Waals surface area contributed by atoms with Gasteiger partial charge in [-0.3, -0.25) is 0 Å². The van der Waals surface area contributed by atoms with Crippen LogP contribution in [-0.4, -0.2) is 48.1 Å². The lowest BCUT2D eigenvalue weighted by atomic mass is 10.0. The zero-order valence-electron chi connectivity index (χ0n) is 13.2. The van der Waals surface area contributed by atoms with Crippen molar-refractivity contribution >= 4 is 23.3 Å². The number of anilines is 1. The van der Waals surface area contributed by atoms with Gasteiger partial charge in [-0.05, 0) is 63.4 Å². The standard InChI is InChI=1S/C17H23ClFN3O/c18-13-6-7-16(15(19)11-13)20-17(23)22-10-2-1-5-14(22)12-21-8-3-4-9-21/h6-7,11,14H,1-5,8-10,12H2,(H,20,23). The Morgan fingerprint density at radius 1 is 1.22 bits per heavy atom. The summed E-state index contributed by atoms with van der Waals surface area (Å²) in [6.07, 6.45) is 5.67. The highest BCUT2D eigenvalue weighted by molar-refractivity contribution is 6.30. The molecule has 1 atom stereocenters. The summed E-state index contributed by atoms with van der Waals surface area (Å²) in [5, 5.41) is 3.02. The predicted molar refractivity (Wildman–Crippen MR) is 90.4 cm³/mol. The summed E-state index contributed by atoms with van der Waals surface area (Å²) >= 11 is 5.75. The van der Waals surface area contributed by atoms with E-state index in [1.54, 1.807) is 6.07 Å². The zero-order chi connectivity index (χ0) is 16.2. The van der Waals surface area contributed by atoms with E-state index < -0.39 is 5.82 Å². The molecule has 0 spiro atoms. The fourth-order valence-electron chi connectivity index (χ4n) is 3.50. The zero-order valence-corrected chi connectivity index (χ0v) is 14.0. The van der Waals surface area contributed by atoms with E-state index in [1.807, 2.05) is 4.90 Å². The molecule has 0 saturated carbocycles. The Morgan fingerprint density at radius 3 is 2.70 bits per heavy atom. The van der Waals surface area contributed by atoms with Crippen LogP contribution in [-0.2, 0) is 0 Å². The maximum atomic E-state index is 13.9. The number of carbonyl (C=O) groups excluding carboxylic acids is 1. The molecule has 2 aliphatic rings. The minimum atomic E-state index is -0.501. The third kappa shape index (κ3) is 4.15. The van der Waals surface area contributed by atoms with Crippen LogP contribution in [0.15, 0.2) is 18.2 Å². The number of likely N-dealkylation sites (tertiary alicyclic amines) is 2. The monoisotopic (exact) mass is 339 g/mol. The van der Waals surface area contributed by atoms with E-state index in [-0.39, 0.29) is 17.8 Å². The van der Waals surface area contributed by atoms with Gasteiger partial charge in [0, 0.05) is 24.2 Å². The van der Waals surface area contributed by atoms with E-state index in [1.165, 1.54) is 25.0 Å². The van der Waals surface area contributed by atoms with E-state index in [9.17, 15) is 9.18 Å². The lowest BCUT2D eigenvalue weighted by molar-refractivity contribution is 0.136. The Morgan fingerprint density at radius 2 is 1.96 bits per heavy atom. The summed E-state index contributed by atoms with van der Waals surface area (Å²) in [7, 11) is 0. The van der Waals surface area contributed by atoms with E-state index in [2.05, 4.69) is 10.2 Å². The molecule has 126 valence electrons. The molecule has 2 aliphatic heterocycles. The van der Waals surface area contributed by atoms with Crippen molar-refractivity contribution in [3.8, 4) is 0 Å². The molecule has 1 unspecified atom stereocenters. The van der Waals surface area contributed by atoms with Crippen molar-refractivity contribution in [3.63, 3.8) is 0 Å². The van der Waals surface area contributed by atoms with E-state index in [0.29, 0.717) is 5.02 Å². The summed E-state index contributed by atoms with van der Waals surface area (Å²) in [5.74, 6) is -0.501. The lowest BCUT2D eigenvalue weighted by Gasteiger charge is -2.37. The first-order valence-electron chi connectivity index (χ1n) is 8.38. The SMILES string of the molecule is O=C(Nc1ccc(Cl)cc1F)N1CCCCC1CN1CCCC1. The molecule has 1 aromatic rings. The minimum absolute atomic E-state index is 0.185. The topological polar surface area (TPSA) is 35.6 Å². The predicted octanol–water partition coefficient (Wildman–Crippen LogP) is 3.96. The Labute approximate surface area is 141 Å². The molecule has 2 fully saturated rings. The van der Waals surface area contributed by atoms with Crippen LogP contribution in [0.2, 0.25) is 5.02 Å². The fourth-order valence-corrected chi connectivity index (χ4v) is 3.66. The molecular formula is C17H23ClFN3O. The van der Waals surface area contributed by atoms with Crippen molar-refractivity contribution in [2.45, 2.75) is 38.1 Å². The first-order valence-corrected chi connectivity index (χ1v) is 8.76. The third-order valence-electron chi connectivity index (χ3n) is 4.73. The number of nitrogens with zero attached hydrogens (tertiary/aromatic N) is 2. The highest BCUT2D eigenvalue weighted by Gasteiger charge is 2.29. The van der Waals surface area contributed by atoms with E-state index >= 15 is 0 Å². The minimum Gasteiger partial charge on any atom is -0.320 e. The van der Waals surface area contributed by atoms with Crippen molar-refractivity contribution in [2.24, 2.45) is 0 Å². The summed E-state index contributed by atoms with van der Waals surface area (Å²) in [4.78, 5) is 16.9. The van der Waals surface area contributed by atoms with Crippen molar-refractivity contribution in [3.05, 3.63) is 29.0 Å². The third-order valence-corrected chi connectivity index (χ3v) is 4.96. The van der Waals surface area contributed by atoms with Crippen molar-refractivity contribution < 1.29 is 9.18 Å². The number of urea groups is 1. The number of rotatable bonds is 3. The van der Waals surface area contributed by atoms with Gasteiger partial charge in [0.2, 0.25) is 0 Å². The van der Waals surface area contributed by atoms with Crippen LogP contribution in [0.4, 0.5) is 14.9 Å². The number of halogens is 2. The van der Waals surface area contributed by atoms with E-state index in [4.69, 9.17) is 11.6 Å². The number of piperidine rings is 1. The van der Waals surface area contributed by atoms with Crippen LogP contribution >= 0.6 is 11.6 Å². The number of nitrogens with one attached hydrogen (secondary N) is 1. The molecule has 1 N–H and O–H groups in total. The van der Waals surface area contributed by atoms with Gasteiger partial charge in [0.05, 0.1) is 5.69 Å². The lowest BCUT2D eigenvalue weighted by Crippen LogP contribution is -2.50. The quantitative estimate of drug-likeness (QED) is 0.904. The summed E-state index contributed by atoms with van der Waals surface area (Å²) in [5.41, 5.74) is 0.185. The molecular weight excluding hydrogens is 317 g/mol. The second-order valence-corrected chi connectivity index (χ2v) is 6.84. The fraction of sp³-hybridized carbons (Fsp3) is 0.588. The maximum absolute atomic E-state index is 13.9. The van der Waals surface area contributed by atoms with Gasteiger partial charge in [-0.25, -0.2) is 9.18 Å². The molecule has 1 aromatic carbocycles. The Balaban J connectivity index is 1.65. The van der Waals surface area contributed by atoms with Crippen molar-refractivity contribution in [2.75, 3.05) is 31.5 Å². The van der Waals surface area contributed by atoms with Crippen LogP contribution in [0, 0.1) is 5.82 Å². The molecule has 0 radical (unpaired) electrons. The number of benzene rings is 1. The number of hydrogen-bond acceptors (Lipinski definition) is 2. The van der Waals surface area contributed by atoms with Gasteiger partial charge < -0.3 is 15.1 Å². The molecule has 4 nitrogen and oxygen atoms in total. The molecule has 6 heteroatoms. The molecule has 23 heavy (non-hydrogen) atoms. The Bertz CT molecular complexity index is 563. The number of amides is 2. The first kappa shape index (κ1) is 16.5. The normalized spacial score (nSPS) is 22.3. The van der Waals surface area contributed by atoms with Crippen LogP contribution in [0.5, 0.6) is 0 Å². The maximum Gasteiger partial charge on any atom is 0.322 e. The van der Waals surface area contributed by atoms with Crippen molar-refractivity contribution in [1.29, 1.82) is 0 Å². The first-order chi connectivity index (χ1) is 11.1. The smallest absolute Gasteiger partial charge is 0.320 e. The Kier molecular flexibility index (Phi) is 5.38. The van der Waals surface area contributed by atoms with E-state index in [0.717, 1.165) is 45.4 Å². The molecule has 2 saturated heterocycles. The highest BCUT2D eigenvalue weighted by atomic mass is 35.5. The molecule has 0 bridgehead atoms. The van der Waals surface area contributed by atoms with Crippen LogP contribution in [0.1, 0.15) is 32.1 Å². The molecule has 2 heterocycles. The average molecular weight is 340 g/mol. The van der Waals surface area contributed by atoms with Crippen LogP contribution in [0.3, 0.4) is 0 Å². The largest absolute Gasteiger partial charge is 0.322 e. The van der Waals surface area contributed by atoms with Gasteiger partial charge in [0.15, 0.2) is 0 Å².